The smallest absolute Gasteiger partial charge is 0.384 e. The van der Waals surface area contributed by atoms with Gasteiger partial charge in [-0.15, -0.1) is 0 Å². The van der Waals surface area contributed by atoms with E-state index in [4.69, 9.17) is 5.73 Å². The molecule has 0 atom stereocenters. The van der Waals surface area contributed by atoms with E-state index in [0.717, 1.165) is 5.56 Å². The number of fused-ring (bicyclic) bond motifs is 3. The van der Waals surface area contributed by atoms with Gasteiger partial charge in [0.05, 0.1) is 16.6 Å². The van der Waals surface area contributed by atoms with E-state index in [0.29, 0.717) is 22.2 Å². The number of alkyl halides is 3. The molecule has 0 bridgehead atoms. The van der Waals surface area contributed by atoms with Crippen LogP contribution in [-0.2, 0) is 13.2 Å². The van der Waals surface area contributed by atoms with Gasteiger partial charge in [-0.05, 0) is 29.8 Å². The molecule has 0 aliphatic rings. The van der Waals surface area contributed by atoms with Gasteiger partial charge in [0.25, 0.3) is 5.56 Å². The number of anilines is 1. The van der Waals surface area contributed by atoms with E-state index in [1.54, 1.807) is 17.6 Å². The summed E-state index contributed by atoms with van der Waals surface area (Å²) in [6.07, 6.45) is -4.69. The third-order valence-corrected chi connectivity index (χ3v) is 5.36. The maximum atomic E-state index is 13.6. The van der Waals surface area contributed by atoms with Crippen LogP contribution in [0.3, 0.4) is 0 Å². The number of halogens is 3. The maximum Gasteiger partial charge on any atom is 0.434 e. The predicted molar refractivity (Wildman–Crippen MR) is 116 cm³/mol. The molecule has 0 aliphatic heterocycles. The van der Waals surface area contributed by atoms with E-state index in [1.807, 2.05) is 30.3 Å². The van der Waals surface area contributed by atoms with Crippen molar-refractivity contribution < 1.29 is 13.2 Å². The monoisotopic (exact) mass is 435 g/mol. The van der Waals surface area contributed by atoms with Gasteiger partial charge in [-0.1, -0.05) is 36.4 Å². The Morgan fingerprint density at radius 2 is 1.69 bits per heavy atom. The molecule has 0 unspecified atom stereocenters. The molecular formula is C23H16F3N5O. The normalized spacial score (nSPS) is 12.0. The summed E-state index contributed by atoms with van der Waals surface area (Å²) in [5.74, 6) is -0.224. The Balaban J connectivity index is 1.81. The molecule has 5 rings (SSSR count). The van der Waals surface area contributed by atoms with Crippen LogP contribution in [-0.4, -0.2) is 19.2 Å². The van der Waals surface area contributed by atoms with Gasteiger partial charge in [-0.3, -0.25) is 9.36 Å². The molecule has 6 nitrogen and oxygen atoms in total. The lowest BCUT2D eigenvalue weighted by Crippen LogP contribution is -2.19. The minimum Gasteiger partial charge on any atom is -0.384 e. The first-order valence-electron chi connectivity index (χ1n) is 9.66. The van der Waals surface area contributed by atoms with Crippen molar-refractivity contribution in [1.29, 1.82) is 0 Å². The average Bonchev–Trinajstić information content (AvgIpc) is 3.23. The Kier molecular flexibility index (Phi) is 4.30. The summed E-state index contributed by atoms with van der Waals surface area (Å²) < 4.78 is 43.8. The fourth-order valence-corrected chi connectivity index (χ4v) is 3.80. The average molecular weight is 435 g/mol. The van der Waals surface area contributed by atoms with Crippen molar-refractivity contribution in [1.82, 2.24) is 19.2 Å². The first kappa shape index (κ1) is 19.8. The molecule has 0 radical (unpaired) electrons. The second kappa shape index (κ2) is 6.94. The lowest BCUT2D eigenvalue weighted by molar-refractivity contribution is -0.140. The highest BCUT2D eigenvalue weighted by atomic mass is 19.4. The fourth-order valence-electron chi connectivity index (χ4n) is 3.80. The van der Waals surface area contributed by atoms with Gasteiger partial charge in [0.15, 0.2) is 5.69 Å². The maximum absolute atomic E-state index is 13.6. The Bertz CT molecular complexity index is 1550. The quantitative estimate of drug-likeness (QED) is 0.442. The number of benzene rings is 2. The minimum absolute atomic E-state index is 0.127. The summed E-state index contributed by atoms with van der Waals surface area (Å²) in [6.45, 7) is 0. The summed E-state index contributed by atoms with van der Waals surface area (Å²) in [5, 5.41) is 4.97. The van der Waals surface area contributed by atoms with Crippen LogP contribution >= 0.6 is 0 Å². The van der Waals surface area contributed by atoms with E-state index in [2.05, 4.69) is 10.1 Å². The van der Waals surface area contributed by atoms with E-state index >= 15 is 0 Å². The van der Waals surface area contributed by atoms with E-state index in [9.17, 15) is 18.0 Å². The van der Waals surface area contributed by atoms with Crippen LogP contribution in [0.4, 0.5) is 19.0 Å². The third kappa shape index (κ3) is 3.09. The topological polar surface area (TPSA) is 78.2 Å². The first-order valence-corrected chi connectivity index (χ1v) is 9.66. The van der Waals surface area contributed by atoms with Crippen LogP contribution in [0.25, 0.3) is 38.9 Å². The van der Waals surface area contributed by atoms with Crippen molar-refractivity contribution in [2.24, 2.45) is 7.05 Å². The van der Waals surface area contributed by atoms with Gasteiger partial charge in [0.2, 0.25) is 0 Å². The van der Waals surface area contributed by atoms with Gasteiger partial charge in [-0.2, -0.15) is 18.3 Å². The van der Waals surface area contributed by atoms with E-state index in [-0.39, 0.29) is 22.5 Å². The van der Waals surface area contributed by atoms with Gasteiger partial charge < -0.3 is 5.73 Å². The van der Waals surface area contributed by atoms with Gasteiger partial charge >= 0.3 is 6.18 Å². The third-order valence-electron chi connectivity index (χ3n) is 5.36. The molecule has 2 N–H and O–H groups in total. The molecule has 0 amide bonds. The van der Waals surface area contributed by atoms with Crippen molar-refractivity contribution in [3.63, 3.8) is 0 Å². The van der Waals surface area contributed by atoms with Crippen molar-refractivity contribution in [3.8, 4) is 22.4 Å². The van der Waals surface area contributed by atoms with Crippen molar-refractivity contribution in [2.45, 2.75) is 6.18 Å². The Morgan fingerprint density at radius 3 is 2.41 bits per heavy atom. The molecule has 9 heteroatoms. The highest BCUT2D eigenvalue weighted by Crippen LogP contribution is 2.37. The molecule has 0 saturated carbocycles. The van der Waals surface area contributed by atoms with Gasteiger partial charge in [0, 0.05) is 24.2 Å². The van der Waals surface area contributed by atoms with E-state index < -0.39 is 11.9 Å². The number of nitrogens with zero attached hydrogens (tertiary/aromatic N) is 4. The Labute approximate surface area is 179 Å². The highest BCUT2D eigenvalue weighted by molar-refractivity contribution is 5.87. The van der Waals surface area contributed by atoms with Crippen LogP contribution in [0, 0.1) is 0 Å². The zero-order chi connectivity index (χ0) is 22.6. The van der Waals surface area contributed by atoms with Crippen molar-refractivity contribution in [2.75, 3.05) is 5.73 Å². The minimum atomic E-state index is -4.69. The standard InChI is InChI=1S/C23H16F3N5O/c1-30-20-12-17(13-5-3-2-4-6-13)29-31(20)18-11-14(7-8-16(18)22(30)32)15-9-10-19(27)28-21(15)23(24,25)26/h2-12H,1H3,(H2,27,28). The van der Waals surface area contributed by atoms with Crippen LogP contribution in [0.2, 0.25) is 0 Å². The molecule has 3 heterocycles. The highest BCUT2D eigenvalue weighted by Gasteiger charge is 2.36. The molecule has 5 aromatic rings. The number of hydrogen-bond acceptors (Lipinski definition) is 4. The summed E-state index contributed by atoms with van der Waals surface area (Å²) in [4.78, 5) is 16.4. The number of pyridine rings is 1. The molecule has 3 aromatic heterocycles. The molecule has 2 aromatic carbocycles. The molecule has 0 aliphatic carbocycles. The number of nitrogens with two attached hydrogens (primary N) is 1. The molecule has 0 saturated heterocycles. The molecule has 0 spiro atoms. The SMILES string of the molecule is Cn1c(=O)c2ccc(-c3ccc(N)nc3C(F)(F)F)cc2n2nc(-c3ccccc3)cc12. The van der Waals surface area contributed by atoms with E-state index in [1.165, 1.54) is 34.9 Å². The Morgan fingerprint density at radius 1 is 0.938 bits per heavy atom. The fraction of sp³-hybridized carbons (Fsp3) is 0.0870. The molecular weight excluding hydrogens is 419 g/mol. The lowest BCUT2D eigenvalue weighted by atomic mass is 10.0. The van der Waals surface area contributed by atoms with Gasteiger partial charge in [-0.25, -0.2) is 9.50 Å². The number of rotatable bonds is 2. The Hall–Kier alpha value is -4.14. The lowest BCUT2D eigenvalue weighted by Gasteiger charge is -2.13. The van der Waals surface area contributed by atoms with Crippen LogP contribution in [0.1, 0.15) is 5.69 Å². The van der Waals surface area contributed by atoms with Crippen LogP contribution in [0.5, 0.6) is 0 Å². The van der Waals surface area contributed by atoms with Crippen molar-refractivity contribution >= 4 is 22.4 Å². The number of aryl methyl sites for hydroxylation is 1. The summed E-state index contributed by atoms with van der Waals surface area (Å²) in [5.41, 5.74) is 6.68. The first-order chi connectivity index (χ1) is 15.2. The number of nitrogen functional groups attached to an aromatic ring is 1. The largest absolute Gasteiger partial charge is 0.434 e. The number of hydrogen-bond donors (Lipinski definition) is 1. The van der Waals surface area contributed by atoms with Crippen LogP contribution < -0.4 is 11.3 Å². The molecule has 32 heavy (non-hydrogen) atoms. The number of aromatic nitrogens is 4. The van der Waals surface area contributed by atoms with Gasteiger partial charge in [0.1, 0.15) is 11.5 Å². The summed E-state index contributed by atoms with van der Waals surface area (Å²) >= 11 is 0. The molecule has 0 fully saturated rings. The van der Waals surface area contributed by atoms with Crippen molar-refractivity contribution in [3.05, 3.63) is 82.8 Å². The summed E-state index contributed by atoms with van der Waals surface area (Å²) in [7, 11) is 1.63. The summed E-state index contributed by atoms with van der Waals surface area (Å²) in [6, 6.07) is 18.3. The second-order valence-electron chi connectivity index (χ2n) is 7.39. The predicted octanol–water partition coefficient (Wildman–Crippen LogP) is 4.52. The second-order valence-corrected chi connectivity index (χ2v) is 7.39. The zero-order valence-electron chi connectivity index (χ0n) is 16.8. The van der Waals surface area contributed by atoms with Crippen LogP contribution in [0.15, 0.2) is 71.5 Å². The molecule has 160 valence electrons. The zero-order valence-corrected chi connectivity index (χ0v) is 16.8.